The molecule has 12 heavy (non-hydrogen) atoms. The summed E-state index contributed by atoms with van der Waals surface area (Å²) in [5.74, 6) is 0. The summed E-state index contributed by atoms with van der Waals surface area (Å²) in [5, 5.41) is 0. The molecule has 1 heterocycles. The van der Waals surface area contributed by atoms with Crippen LogP contribution in [0, 0.1) is 0 Å². The second-order valence-corrected chi connectivity index (χ2v) is 3.48. The highest BCUT2D eigenvalue weighted by Crippen LogP contribution is 2.08. The fourth-order valence-electron chi connectivity index (χ4n) is 1.65. The lowest BCUT2D eigenvalue weighted by Gasteiger charge is -2.20. The standard InChI is InChI=1S/C9H20N2O/c1-9(12-7-4-10)8-11-5-2-3-6-11/h9H,2-8,10H2,1H3. The third-order valence-electron chi connectivity index (χ3n) is 2.23. The number of hydrogen-bond acceptors (Lipinski definition) is 3. The molecule has 0 aromatic rings. The maximum Gasteiger partial charge on any atom is 0.0674 e. The van der Waals surface area contributed by atoms with Gasteiger partial charge in [0.25, 0.3) is 0 Å². The third kappa shape index (κ3) is 3.52. The molecule has 3 heteroatoms. The molecule has 0 radical (unpaired) electrons. The summed E-state index contributed by atoms with van der Waals surface area (Å²) in [4.78, 5) is 2.46. The average Bonchev–Trinajstić information content (AvgIpc) is 2.53. The fraction of sp³-hybridized carbons (Fsp3) is 1.00. The molecule has 72 valence electrons. The summed E-state index contributed by atoms with van der Waals surface area (Å²) >= 11 is 0. The van der Waals surface area contributed by atoms with E-state index < -0.39 is 0 Å². The van der Waals surface area contributed by atoms with E-state index in [0.717, 1.165) is 6.54 Å². The molecular formula is C9H20N2O. The van der Waals surface area contributed by atoms with E-state index in [1.807, 2.05) is 0 Å². The van der Waals surface area contributed by atoms with Crippen LogP contribution in [-0.2, 0) is 4.74 Å². The highest BCUT2D eigenvalue weighted by molar-refractivity contribution is 4.68. The van der Waals surface area contributed by atoms with Crippen LogP contribution < -0.4 is 5.73 Å². The molecule has 1 aliphatic rings. The van der Waals surface area contributed by atoms with Crippen molar-refractivity contribution in [1.82, 2.24) is 4.90 Å². The lowest BCUT2D eigenvalue weighted by atomic mass is 10.3. The van der Waals surface area contributed by atoms with Gasteiger partial charge in [0.1, 0.15) is 0 Å². The Kier molecular flexibility index (Phi) is 4.58. The van der Waals surface area contributed by atoms with E-state index in [-0.39, 0.29) is 0 Å². The zero-order valence-electron chi connectivity index (χ0n) is 7.96. The molecule has 1 aliphatic heterocycles. The Hall–Kier alpha value is -0.120. The summed E-state index contributed by atoms with van der Waals surface area (Å²) in [6.45, 7) is 7.00. The predicted octanol–water partition coefficient (Wildman–Crippen LogP) is 0.446. The van der Waals surface area contributed by atoms with Gasteiger partial charge in [0, 0.05) is 13.1 Å². The molecule has 0 aliphatic carbocycles. The third-order valence-corrected chi connectivity index (χ3v) is 2.23. The van der Waals surface area contributed by atoms with Gasteiger partial charge < -0.3 is 15.4 Å². The topological polar surface area (TPSA) is 38.5 Å². The smallest absolute Gasteiger partial charge is 0.0674 e. The molecular weight excluding hydrogens is 152 g/mol. The van der Waals surface area contributed by atoms with Gasteiger partial charge in [-0.05, 0) is 32.9 Å². The van der Waals surface area contributed by atoms with Crippen molar-refractivity contribution in [2.75, 3.05) is 32.8 Å². The quantitative estimate of drug-likeness (QED) is 0.654. The van der Waals surface area contributed by atoms with Crippen LogP contribution in [0.2, 0.25) is 0 Å². The molecule has 0 saturated carbocycles. The zero-order valence-corrected chi connectivity index (χ0v) is 7.96. The first-order valence-electron chi connectivity index (χ1n) is 4.87. The molecule has 1 saturated heterocycles. The number of hydrogen-bond donors (Lipinski definition) is 1. The van der Waals surface area contributed by atoms with Crippen molar-refractivity contribution in [2.24, 2.45) is 5.73 Å². The number of nitrogens with zero attached hydrogens (tertiary/aromatic N) is 1. The molecule has 0 aromatic carbocycles. The summed E-state index contributed by atoms with van der Waals surface area (Å²) in [7, 11) is 0. The number of rotatable bonds is 5. The van der Waals surface area contributed by atoms with E-state index in [1.54, 1.807) is 0 Å². The van der Waals surface area contributed by atoms with Crippen LogP contribution in [0.4, 0.5) is 0 Å². The molecule has 0 bridgehead atoms. The van der Waals surface area contributed by atoms with Crippen molar-refractivity contribution >= 4 is 0 Å². The van der Waals surface area contributed by atoms with Crippen LogP contribution in [0.5, 0.6) is 0 Å². The molecule has 0 spiro atoms. The minimum atomic E-state index is 0.339. The molecule has 1 atom stereocenters. The first kappa shape index (κ1) is 9.96. The van der Waals surface area contributed by atoms with Gasteiger partial charge in [-0.1, -0.05) is 0 Å². The SMILES string of the molecule is CC(CN1CCCC1)OCCN. The Morgan fingerprint density at radius 2 is 2.08 bits per heavy atom. The molecule has 1 fully saturated rings. The van der Waals surface area contributed by atoms with E-state index in [2.05, 4.69) is 11.8 Å². The van der Waals surface area contributed by atoms with Crippen molar-refractivity contribution < 1.29 is 4.74 Å². The molecule has 1 unspecified atom stereocenters. The van der Waals surface area contributed by atoms with Crippen molar-refractivity contribution in [3.05, 3.63) is 0 Å². The van der Waals surface area contributed by atoms with Crippen LogP contribution in [-0.4, -0.2) is 43.8 Å². The van der Waals surface area contributed by atoms with Crippen molar-refractivity contribution in [3.63, 3.8) is 0 Å². The lowest BCUT2D eigenvalue weighted by molar-refractivity contribution is 0.0479. The molecule has 0 amide bonds. The summed E-state index contributed by atoms with van der Waals surface area (Å²) in [6, 6.07) is 0. The van der Waals surface area contributed by atoms with Gasteiger partial charge in [-0.3, -0.25) is 0 Å². The van der Waals surface area contributed by atoms with Gasteiger partial charge in [-0.2, -0.15) is 0 Å². The summed E-state index contributed by atoms with van der Waals surface area (Å²) < 4.78 is 5.49. The Bertz CT molecular complexity index is 113. The van der Waals surface area contributed by atoms with Crippen LogP contribution in [0.1, 0.15) is 19.8 Å². The molecule has 3 nitrogen and oxygen atoms in total. The second-order valence-electron chi connectivity index (χ2n) is 3.48. The maximum absolute atomic E-state index is 5.49. The Labute approximate surface area is 74.9 Å². The second kappa shape index (κ2) is 5.51. The van der Waals surface area contributed by atoms with Gasteiger partial charge in [-0.25, -0.2) is 0 Å². The minimum absolute atomic E-state index is 0.339. The van der Waals surface area contributed by atoms with Gasteiger partial charge in [0.15, 0.2) is 0 Å². The minimum Gasteiger partial charge on any atom is -0.376 e. The average molecular weight is 172 g/mol. The van der Waals surface area contributed by atoms with Crippen molar-refractivity contribution in [2.45, 2.75) is 25.9 Å². The normalized spacial score (nSPS) is 21.5. The van der Waals surface area contributed by atoms with Gasteiger partial charge >= 0.3 is 0 Å². The summed E-state index contributed by atoms with van der Waals surface area (Å²) in [5.41, 5.74) is 5.35. The first-order chi connectivity index (χ1) is 5.83. The largest absolute Gasteiger partial charge is 0.376 e. The first-order valence-corrected chi connectivity index (χ1v) is 4.87. The van der Waals surface area contributed by atoms with Crippen LogP contribution in [0.3, 0.4) is 0 Å². The van der Waals surface area contributed by atoms with Crippen LogP contribution in [0.15, 0.2) is 0 Å². The van der Waals surface area contributed by atoms with E-state index >= 15 is 0 Å². The Balaban J connectivity index is 2.03. The fourth-order valence-corrected chi connectivity index (χ4v) is 1.65. The van der Waals surface area contributed by atoms with E-state index in [1.165, 1.54) is 25.9 Å². The molecule has 0 aromatic heterocycles. The van der Waals surface area contributed by atoms with Gasteiger partial charge in [0.2, 0.25) is 0 Å². The highest BCUT2D eigenvalue weighted by atomic mass is 16.5. The van der Waals surface area contributed by atoms with Gasteiger partial charge in [0.05, 0.1) is 12.7 Å². The van der Waals surface area contributed by atoms with E-state index in [9.17, 15) is 0 Å². The van der Waals surface area contributed by atoms with Gasteiger partial charge in [-0.15, -0.1) is 0 Å². The summed E-state index contributed by atoms with van der Waals surface area (Å²) in [6.07, 6.45) is 3.04. The van der Waals surface area contributed by atoms with Crippen LogP contribution in [0.25, 0.3) is 0 Å². The number of ether oxygens (including phenoxy) is 1. The van der Waals surface area contributed by atoms with Crippen LogP contribution >= 0.6 is 0 Å². The highest BCUT2D eigenvalue weighted by Gasteiger charge is 2.14. The lowest BCUT2D eigenvalue weighted by Crippen LogP contribution is -2.31. The monoisotopic (exact) mass is 172 g/mol. The van der Waals surface area contributed by atoms with Crippen molar-refractivity contribution in [3.8, 4) is 0 Å². The molecule has 2 N–H and O–H groups in total. The Morgan fingerprint density at radius 1 is 1.42 bits per heavy atom. The Morgan fingerprint density at radius 3 is 2.67 bits per heavy atom. The van der Waals surface area contributed by atoms with E-state index in [4.69, 9.17) is 10.5 Å². The zero-order chi connectivity index (χ0) is 8.81. The van der Waals surface area contributed by atoms with E-state index in [0.29, 0.717) is 19.3 Å². The molecule has 1 rings (SSSR count). The number of likely N-dealkylation sites (tertiary alicyclic amines) is 1. The predicted molar refractivity (Wildman–Crippen MR) is 50.1 cm³/mol. The number of nitrogens with two attached hydrogens (primary N) is 1. The maximum atomic E-state index is 5.49. The van der Waals surface area contributed by atoms with Crippen molar-refractivity contribution in [1.29, 1.82) is 0 Å².